The van der Waals surface area contributed by atoms with E-state index in [-0.39, 0.29) is 12.3 Å². The van der Waals surface area contributed by atoms with Gasteiger partial charge in [-0.1, -0.05) is 13.8 Å². The zero-order valence-electron chi connectivity index (χ0n) is 12.1. The van der Waals surface area contributed by atoms with Gasteiger partial charge in [-0.05, 0) is 25.2 Å². The summed E-state index contributed by atoms with van der Waals surface area (Å²) in [4.78, 5) is 34.3. The summed E-state index contributed by atoms with van der Waals surface area (Å²) >= 11 is 0. The number of aliphatic carboxylic acids is 1. The number of hydrogen-bond acceptors (Lipinski definition) is 4. The van der Waals surface area contributed by atoms with Crippen LogP contribution in [0.3, 0.4) is 0 Å². The average molecular weight is 286 g/mol. The molecular formula is C13H22N2O5. The lowest BCUT2D eigenvalue weighted by molar-refractivity contribution is -0.144. The SMILES string of the molecule is COC(=O)C(NC(=O)NC1(CC(=O)O)CCC1)C(C)C. The van der Waals surface area contributed by atoms with E-state index in [0.717, 1.165) is 6.42 Å². The molecule has 1 saturated carbocycles. The van der Waals surface area contributed by atoms with E-state index in [1.54, 1.807) is 13.8 Å². The Kier molecular flexibility index (Phi) is 5.35. The van der Waals surface area contributed by atoms with Crippen molar-refractivity contribution in [1.29, 1.82) is 0 Å². The molecule has 1 aliphatic carbocycles. The number of esters is 1. The molecule has 0 aromatic rings. The van der Waals surface area contributed by atoms with E-state index < -0.39 is 29.6 Å². The Morgan fingerprint density at radius 3 is 2.25 bits per heavy atom. The molecule has 20 heavy (non-hydrogen) atoms. The van der Waals surface area contributed by atoms with Gasteiger partial charge in [-0.25, -0.2) is 9.59 Å². The van der Waals surface area contributed by atoms with E-state index in [1.807, 2.05) is 0 Å². The molecule has 114 valence electrons. The van der Waals surface area contributed by atoms with Gasteiger partial charge in [0.1, 0.15) is 6.04 Å². The quantitative estimate of drug-likeness (QED) is 0.629. The summed E-state index contributed by atoms with van der Waals surface area (Å²) < 4.78 is 4.63. The molecule has 0 heterocycles. The van der Waals surface area contributed by atoms with Crippen molar-refractivity contribution in [2.75, 3.05) is 7.11 Å². The van der Waals surface area contributed by atoms with Gasteiger partial charge >= 0.3 is 18.0 Å². The molecule has 0 aliphatic heterocycles. The Bertz CT molecular complexity index is 390. The number of carbonyl (C=O) groups is 3. The van der Waals surface area contributed by atoms with Crippen molar-refractivity contribution in [3.05, 3.63) is 0 Å². The number of hydrogen-bond donors (Lipinski definition) is 3. The van der Waals surface area contributed by atoms with Crippen LogP contribution in [0.4, 0.5) is 4.79 Å². The number of methoxy groups -OCH3 is 1. The zero-order chi connectivity index (χ0) is 15.3. The topological polar surface area (TPSA) is 105 Å². The fourth-order valence-corrected chi connectivity index (χ4v) is 2.28. The lowest BCUT2D eigenvalue weighted by atomic mass is 9.74. The van der Waals surface area contributed by atoms with Crippen LogP contribution in [0.1, 0.15) is 39.5 Å². The molecule has 0 radical (unpaired) electrons. The van der Waals surface area contributed by atoms with Gasteiger partial charge in [0.25, 0.3) is 0 Å². The largest absolute Gasteiger partial charge is 0.481 e. The summed E-state index contributed by atoms with van der Waals surface area (Å²) in [6.45, 7) is 3.58. The van der Waals surface area contributed by atoms with Crippen molar-refractivity contribution in [2.45, 2.75) is 51.1 Å². The molecule has 1 fully saturated rings. The number of amides is 2. The molecule has 0 aromatic carbocycles. The van der Waals surface area contributed by atoms with Crippen LogP contribution in [0, 0.1) is 5.92 Å². The first kappa shape index (κ1) is 16.3. The maximum atomic E-state index is 11.9. The normalized spacial score (nSPS) is 17.8. The number of nitrogens with one attached hydrogen (secondary N) is 2. The predicted molar refractivity (Wildman–Crippen MR) is 71.1 cm³/mol. The van der Waals surface area contributed by atoms with Crippen LogP contribution in [-0.2, 0) is 14.3 Å². The maximum absolute atomic E-state index is 11.9. The van der Waals surface area contributed by atoms with E-state index in [4.69, 9.17) is 5.11 Å². The standard InChI is InChI=1S/C13H22N2O5/c1-8(2)10(11(18)20-3)14-12(19)15-13(5-4-6-13)7-9(16)17/h8,10H,4-7H2,1-3H3,(H,16,17)(H2,14,15,19). The van der Waals surface area contributed by atoms with Gasteiger partial charge in [0.15, 0.2) is 0 Å². The number of urea groups is 1. The molecular weight excluding hydrogens is 264 g/mol. The highest BCUT2D eigenvalue weighted by atomic mass is 16.5. The Balaban J connectivity index is 2.61. The zero-order valence-corrected chi connectivity index (χ0v) is 12.1. The van der Waals surface area contributed by atoms with E-state index >= 15 is 0 Å². The van der Waals surface area contributed by atoms with Gasteiger partial charge in [0.2, 0.25) is 0 Å². The Hall–Kier alpha value is -1.79. The van der Waals surface area contributed by atoms with Gasteiger partial charge in [-0.2, -0.15) is 0 Å². The summed E-state index contributed by atoms with van der Waals surface area (Å²) in [7, 11) is 1.26. The number of carboxylic acids is 1. The van der Waals surface area contributed by atoms with E-state index in [2.05, 4.69) is 15.4 Å². The Morgan fingerprint density at radius 1 is 1.30 bits per heavy atom. The lowest BCUT2D eigenvalue weighted by Crippen LogP contribution is -2.59. The number of carboxylic acid groups (broad SMARTS) is 1. The van der Waals surface area contributed by atoms with Crippen molar-refractivity contribution in [3.63, 3.8) is 0 Å². The van der Waals surface area contributed by atoms with Gasteiger partial charge in [0, 0.05) is 0 Å². The monoisotopic (exact) mass is 286 g/mol. The van der Waals surface area contributed by atoms with Gasteiger partial charge in [-0.3, -0.25) is 4.79 Å². The highest BCUT2D eigenvalue weighted by Crippen LogP contribution is 2.34. The molecule has 0 spiro atoms. The summed E-state index contributed by atoms with van der Waals surface area (Å²) in [5.74, 6) is -1.58. The van der Waals surface area contributed by atoms with Crippen LogP contribution in [0.15, 0.2) is 0 Å². The minimum Gasteiger partial charge on any atom is -0.481 e. The number of carbonyl (C=O) groups excluding carboxylic acids is 2. The van der Waals surface area contributed by atoms with Crippen molar-refractivity contribution < 1.29 is 24.2 Å². The summed E-state index contributed by atoms with van der Waals surface area (Å²) in [5.41, 5.74) is -0.687. The van der Waals surface area contributed by atoms with Gasteiger partial charge in [-0.15, -0.1) is 0 Å². The third-order valence-corrected chi connectivity index (χ3v) is 3.59. The van der Waals surface area contributed by atoms with Crippen molar-refractivity contribution in [3.8, 4) is 0 Å². The van der Waals surface area contributed by atoms with Crippen LogP contribution >= 0.6 is 0 Å². The second-order valence-electron chi connectivity index (χ2n) is 5.55. The fourth-order valence-electron chi connectivity index (χ4n) is 2.28. The maximum Gasteiger partial charge on any atom is 0.328 e. The summed E-state index contributed by atoms with van der Waals surface area (Å²) in [6.07, 6.45) is 2.05. The van der Waals surface area contributed by atoms with Crippen LogP contribution < -0.4 is 10.6 Å². The average Bonchev–Trinajstić information content (AvgIpc) is 2.31. The van der Waals surface area contributed by atoms with Crippen LogP contribution in [0.25, 0.3) is 0 Å². The molecule has 7 nitrogen and oxygen atoms in total. The smallest absolute Gasteiger partial charge is 0.328 e. The van der Waals surface area contributed by atoms with Crippen molar-refractivity contribution in [2.24, 2.45) is 5.92 Å². The molecule has 1 aliphatic rings. The van der Waals surface area contributed by atoms with E-state index in [1.165, 1.54) is 7.11 Å². The summed E-state index contributed by atoms with van der Waals surface area (Å²) in [6, 6.07) is -1.28. The third kappa shape index (κ3) is 4.11. The second-order valence-corrected chi connectivity index (χ2v) is 5.55. The molecule has 1 atom stereocenters. The van der Waals surface area contributed by atoms with Crippen LogP contribution in [0.2, 0.25) is 0 Å². The van der Waals surface area contributed by atoms with Gasteiger partial charge < -0.3 is 20.5 Å². The van der Waals surface area contributed by atoms with Gasteiger partial charge in [0.05, 0.1) is 19.1 Å². The molecule has 1 rings (SSSR count). The molecule has 0 bridgehead atoms. The first-order valence-corrected chi connectivity index (χ1v) is 6.68. The minimum absolute atomic E-state index is 0.106. The minimum atomic E-state index is -0.946. The summed E-state index contributed by atoms with van der Waals surface area (Å²) in [5, 5.41) is 14.1. The van der Waals surface area contributed by atoms with Crippen molar-refractivity contribution in [1.82, 2.24) is 10.6 Å². The lowest BCUT2D eigenvalue weighted by Gasteiger charge is -2.41. The first-order valence-electron chi connectivity index (χ1n) is 6.68. The fraction of sp³-hybridized carbons (Fsp3) is 0.769. The third-order valence-electron chi connectivity index (χ3n) is 3.59. The van der Waals surface area contributed by atoms with Crippen LogP contribution in [0.5, 0.6) is 0 Å². The highest BCUT2D eigenvalue weighted by molar-refractivity contribution is 5.84. The number of ether oxygens (including phenoxy) is 1. The predicted octanol–water partition coefficient (Wildman–Crippen LogP) is 0.881. The van der Waals surface area contributed by atoms with E-state index in [0.29, 0.717) is 12.8 Å². The Morgan fingerprint density at radius 2 is 1.90 bits per heavy atom. The first-order chi connectivity index (χ1) is 9.29. The second kappa shape index (κ2) is 6.58. The Labute approximate surface area is 118 Å². The molecule has 7 heteroatoms. The molecule has 2 amide bonds. The molecule has 3 N–H and O–H groups in total. The van der Waals surface area contributed by atoms with E-state index in [9.17, 15) is 14.4 Å². The molecule has 0 aromatic heterocycles. The van der Waals surface area contributed by atoms with Crippen molar-refractivity contribution >= 4 is 18.0 Å². The number of rotatable bonds is 6. The molecule has 0 saturated heterocycles. The molecule has 1 unspecified atom stereocenters. The highest BCUT2D eigenvalue weighted by Gasteiger charge is 2.41. The van der Waals surface area contributed by atoms with Crippen LogP contribution in [-0.4, -0.2) is 41.8 Å².